The molecule has 0 saturated carbocycles. The van der Waals surface area contributed by atoms with Crippen molar-refractivity contribution in [3.8, 4) is 21.8 Å². The average Bonchev–Trinajstić information content (AvgIpc) is 3.47. The molecule has 7 heteroatoms. The molecule has 0 unspecified atom stereocenters. The Morgan fingerprint density at radius 2 is 1.47 bits per heavy atom. The second-order valence-corrected chi connectivity index (χ2v) is 8.79. The number of imide groups is 1. The van der Waals surface area contributed by atoms with Gasteiger partial charge in [0.05, 0.1) is 16.8 Å². The largest absolute Gasteiger partial charge is 0.352 e. The number of hydrogen-bond donors (Lipinski definition) is 1. The number of aromatic nitrogens is 1. The summed E-state index contributed by atoms with van der Waals surface area (Å²) in [6.45, 7) is 0.430. The van der Waals surface area contributed by atoms with Crippen LogP contribution in [0.15, 0.2) is 84.2 Å². The zero-order chi connectivity index (χ0) is 23.5. The van der Waals surface area contributed by atoms with E-state index in [4.69, 9.17) is 4.98 Å². The number of rotatable bonds is 7. The zero-order valence-electron chi connectivity index (χ0n) is 18.2. The molecule has 3 amide bonds. The predicted molar refractivity (Wildman–Crippen MR) is 131 cm³/mol. The van der Waals surface area contributed by atoms with Crippen molar-refractivity contribution in [2.45, 2.75) is 13.0 Å². The molecule has 0 fully saturated rings. The molecule has 1 aliphatic rings. The maximum atomic E-state index is 12.4. The van der Waals surface area contributed by atoms with E-state index in [1.54, 1.807) is 35.6 Å². The molecule has 0 bridgehead atoms. The quantitative estimate of drug-likeness (QED) is 0.397. The molecule has 1 aromatic heterocycles. The summed E-state index contributed by atoms with van der Waals surface area (Å²) in [6.07, 6.45) is 0.0604. The number of nitrogens with zero attached hydrogens (tertiary/aromatic N) is 2. The molecule has 34 heavy (non-hydrogen) atoms. The first kappa shape index (κ1) is 21.7. The Bertz CT molecular complexity index is 1330. The number of thiazole rings is 1. The Labute approximate surface area is 200 Å². The highest BCUT2D eigenvalue weighted by Gasteiger charge is 2.34. The number of hydrogen-bond acceptors (Lipinski definition) is 5. The van der Waals surface area contributed by atoms with Gasteiger partial charge in [-0.25, -0.2) is 4.98 Å². The SMILES string of the molecule is O=C(CCN1C(=O)c2ccccc2C1=O)NCc1ccc(-c2nc(-c3ccccc3)cs2)cc1. The first-order chi connectivity index (χ1) is 16.6. The molecular formula is C27H21N3O3S. The molecule has 1 aliphatic heterocycles. The van der Waals surface area contributed by atoms with E-state index in [0.717, 1.165) is 32.3 Å². The zero-order valence-corrected chi connectivity index (χ0v) is 19.0. The van der Waals surface area contributed by atoms with Crippen molar-refractivity contribution in [1.82, 2.24) is 15.2 Å². The second kappa shape index (κ2) is 9.41. The van der Waals surface area contributed by atoms with Crippen LogP contribution in [-0.4, -0.2) is 34.2 Å². The maximum Gasteiger partial charge on any atom is 0.261 e. The second-order valence-electron chi connectivity index (χ2n) is 7.94. The molecule has 5 rings (SSSR count). The van der Waals surface area contributed by atoms with E-state index in [9.17, 15) is 14.4 Å². The van der Waals surface area contributed by atoms with Crippen LogP contribution in [0.25, 0.3) is 21.8 Å². The molecule has 6 nitrogen and oxygen atoms in total. The summed E-state index contributed by atoms with van der Waals surface area (Å²) >= 11 is 1.60. The van der Waals surface area contributed by atoms with Crippen molar-refractivity contribution in [1.29, 1.82) is 0 Å². The molecule has 0 atom stereocenters. The van der Waals surface area contributed by atoms with Gasteiger partial charge in [0.1, 0.15) is 5.01 Å². The normalized spacial score (nSPS) is 12.6. The summed E-state index contributed by atoms with van der Waals surface area (Å²) < 4.78 is 0. The topological polar surface area (TPSA) is 79.4 Å². The van der Waals surface area contributed by atoms with Crippen LogP contribution in [0.4, 0.5) is 0 Å². The Kier molecular flexibility index (Phi) is 6.01. The van der Waals surface area contributed by atoms with Gasteiger partial charge in [-0.05, 0) is 17.7 Å². The minimum absolute atomic E-state index is 0.0604. The van der Waals surface area contributed by atoms with Crippen LogP contribution in [0.1, 0.15) is 32.7 Å². The lowest BCUT2D eigenvalue weighted by Gasteiger charge is -2.13. The molecule has 0 spiro atoms. The van der Waals surface area contributed by atoms with E-state index in [1.165, 1.54) is 0 Å². The fourth-order valence-corrected chi connectivity index (χ4v) is 4.69. The van der Waals surface area contributed by atoms with Crippen LogP contribution < -0.4 is 5.32 Å². The Hall–Kier alpha value is -4.10. The van der Waals surface area contributed by atoms with E-state index < -0.39 is 0 Å². The van der Waals surface area contributed by atoms with Crippen molar-refractivity contribution < 1.29 is 14.4 Å². The van der Waals surface area contributed by atoms with Crippen LogP contribution in [0, 0.1) is 0 Å². The number of nitrogens with one attached hydrogen (secondary N) is 1. The van der Waals surface area contributed by atoms with E-state index in [2.05, 4.69) is 5.32 Å². The summed E-state index contributed by atoms with van der Waals surface area (Å²) in [4.78, 5) is 43.0. The van der Waals surface area contributed by atoms with Crippen LogP contribution in [0.3, 0.4) is 0 Å². The van der Waals surface area contributed by atoms with Gasteiger partial charge in [0.15, 0.2) is 0 Å². The van der Waals surface area contributed by atoms with Gasteiger partial charge in [-0.15, -0.1) is 11.3 Å². The van der Waals surface area contributed by atoms with E-state index >= 15 is 0 Å². The third-order valence-electron chi connectivity index (χ3n) is 5.70. The Morgan fingerprint density at radius 3 is 2.15 bits per heavy atom. The van der Waals surface area contributed by atoms with Crippen molar-refractivity contribution >= 4 is 29.1 Å². The smallest absolute Gasteiger partial charge is 0.261 e. The van der Waals surface area contributed by atoms with Crippen molar-refractivity contribution in [2.24, 2.45) is 0 Å². The number of fused-ring (bicyclic) bond motifs is 1. The molecule has 4 aromatic rings. The minimum atomic E-state index is -0.346. The number of benzene rings is 3. The van der Waals surface area contributed by atoms with Gasteiger partial charge in [-0.2, -0.15) is 0 Å². The lowest BCUT2D eigenvalue weighted by atomic mass is 10.1. The van der Waals surface area contributed by atoms with Gasteiger partial charge in [0, 0.05) is 36.0 Å². The molecule has 3 aromatic carbocycles. The van der Waals surface area contributed by atoms with Crippen LogP contribution in [0.2, 0.25) is 0 Å². The van der Waals surface area contributed by atoms with E-state index in [0.29, 0.717) is 17.7 Å². The summed E-state index contributed by atoms with van der Waals surface area (Å²) in [6, 6.07) is 24.7. The first-order valence-electron chi connectivity index (χ1n) is 10.9. The highest BCUT2D eigenvalue weighted by molar-refractivity contribution is 7.13. The third kappa shape index (κ3) is 4.38. The van der Waals surface area contributed by atoms with Crippen LogP contribution in [0.5, 0.6) is 0 Å². The Balaban J connectivity index is 1.14. The van der Waals surface area contributed by atoms with Gasteiger partial charge in [0.2, 0.25) is 5.91 Å². The highest BCUT2D eigenvalue weighted by atomic mass is 32.1. The fourth-order valence-electron chi connectivity index (χ4n) is 3.86. The van der Waals surface area contributed by atoms with Crippen LogP contribution in [-0.2, 0) is 11.3 Å². The number of carbonyl (C=O) groups is 3. The number of carbonyl (C=O) groups excluding carboxylic acids is 3. The summed E-state index contributed by atoms with van der Waals surface area (Å²) in [5.41, 5.74) is 4.80. The first-order valence-corrected chi connectivity index (χ1v) is 11.8. The molecule has 0 saturated heterocycles. The molecule has 0 radical (unpaired) electrons. The lowest BCUT2D eigenvalue weighted by Crippen LogP contribution is -2.34. The lowest BCUT2D eigenvalue weighted by molar-refractivity contribution is -0.121. The summed E-state index contributed by atoms with van der Waals surface area (Å²) in [5, 5.41) is 5.85. The van der Waals surface area contributed by atoms with Crippen LogP contribution >= 0.6 is 11.3 Å². The fraction of sp³-hybridized carbons (Fsp3) is 0.111. The maximum absolute atomic E-state index is 12.4. The average molecular weight is 468 g/mol. The summed E-state index contributed by atoms with van der Waals surface area (Å²) in [5.74, 6) is -0.906. The molecule has 0 aliphatic carbocycles. The molecule has 1 N–H and O–H groups in total. The summed E-state index contributed by atoms with van der Waals surface area (Å²) in [7, 11) is 0. The van der Waals surface area contributed by atoms with E-state index in [-0.39, 0.29) is 30.7 Å². The highest BCUT2D eigenvalue weighted by Crippen LogP contribution is 2.29. The molecule has 168 valence electrons. The minimum Gasteiger partial charge on any atom is -0.352 e. The standard InChI is InChI=1S/C27H21N3O3S/c31-24(14-15-30-26(32)21-8-4-5-9-22(21)27(30)33)28-16-18-10-12-20(13-11-18)25-29-23(17-34-25)19-6-2-1-3-7-19/h1-13,17H,14-16H2,(H,28,31). The van der Waals surface area contributed by atoms with Gasteiger partial charge in [-0.1, -0.05) is 66.7 Å². The molecular weight excluding hydrogens is 446 g/mol. The van der Waals surface area contributed by atoms with Gasteiger partial charge >= 0.3 is 0 Å². The predicted octanol–water partition coefficient (Wildman–Crippen LogP) is 4.78. The van der Waals surface area contributed by atoms with Gasteiger partial charge in [0.25, 0.3) is 11.8 Å². The van der Waals surface area contributed by atoms with Gasteiger partial charge in [-0.3, -0.25) is 19.3 Å². The number of amides is 3. The van der Waals surface area contributed by atoms with E-state index in [1.807, 2.05) is 60.0 Å². The van der Waals surface area contributed by atoms with Gasteiger partial charge < -0.3 is 5.32 Å². The monoisotopic (exact) mass is 467 g/mol. The third-order valence-corrected chi connectivity index (χ3v) is 6.60. The van der Waals surface area contributed by atoms with Crippen molar-refractivity contribution in [3.05, 3.63) is 101 Å². The molecule has 2 heterocycles. The van der Waals surface area contributed by atoms with Crippen molar-refractivity contribution in [2.75, 3.05) is 6.54 Å². The van der Waals surface area contributed by atoms with Crippen molar-refractivity contribution in [3.63, 3.8) is 0 Å². The Morgan fingerprint density at radius 1 is 0.824 bits per heavy atom.